The standard InChI is InChI=1S/C14H18N2O5S/c17-13(10-16-7-2-8-22(16,20)21)15-12-4-1-3-11(9-12)5-6-14(18)19/h1,3-4,9H,2,5-8,10H2,(H,15,17)(H,18,19). The molecule has 1 aromatic carbocycles. The van der Waals surface area contributed by atoms with Crippen molar-refractivity contribution in [2.24, 2.45) is 0 Å². The van der Waals surface area contributed by atoms with Crippen molar-refractivity contribution >= 4 is 27.6 Å². The van der Waals surface area contributed by atoms with E-state index in [2.05, 4.69) is 5.32 Å². The quantitative estimate of drug-likeness (QED) is 0.800. The zero-order valence-corrected chi connectivity index (χ0v) is 12.8. The molecule has 0 saturated carbocycles. The van der Waals surface area contributed by atoms with Crippen LogP contribution in [0.5, 0.6) is 0 Å². The van der Waals surface area contributed by atoms with Gasteiger partial charge in [0.1, 0.15) is 0 Å². The van der Waals surface area contributed by atoms with Crippen LogP contribution in [0.25, 0.3) is 0 Å². The highest BCUT2D eigenvalue weighted by Gasteiger charge is 2.29. The smallest absolute Gasteiger partial charge is 0.303 e. The Labute approximate surface area is 129 Å². The van der Waals surface area contributed by atoms with Crippen LogP contribution in [0.15, 0.2) is 24.3 Å². The molecule has 0 aromatic heterocycles. The molecule has 1 aromatic rings. The first-order chi connectivity index (χ1) is 10.4. The number of amides is 1. The highest BCUT2D eigenvalue weighted by molar-refractivity contribution is 7.89. The second-order valence-electron chi connectivity index (χ2n) is 5.15. The Hall–Kier alpha value is -1.93. The number of nitrogens with one attached hydrogen (secondary N) is 1. The van der Waals surface area contributed by atoms with Crippen LogP contribution in [0.1, 0.15) is 18.4 Å². The van der Waals surface area contributed by atoms with Crippen molar-refractivity contribution in [2.75, 3.05) is 24.2 Å². The molecule has 0 bridgehead atoms. The first-order valence-corrected chi connectivity index (χ1v) is 8.56. The van der Waals surface area contributed by atoms with Gasteiger partial charge in [0.15, 0.2) is 0 Å². The van der Waals surface area contributed by atoms with E-state index in [1.54, 1.807) is 24.3 Å². The van der Waals surface area contributed by atoms with Gasteiger partial charge >= 0.3 is 5.97 Å². The van der Waals surface area contributed by atoms with E-state index in [4.69, 9.17) is 5.11 Å². The van der Waals surface area contributed by atoms with Crippen LogP contribution >= 0.6 is 0 Å². The van der Waals surface area contributed by atoms with E-state index < -0.39 is 21.9 Å². The normalized spacial score (nSPS) is 17.3. The van der Waals surface area contributed by atoms with E-state index >= 15 is 0 Å². The van der Waals surface area contributed by atoms with Crippen LogP contribution in [0.2, 0.25) is 0 Å². The number of rotatable bonds is 6. The average Bonchev–Trinajstić information content (AvgIpc) is 2.76. The van der Waals surface area contributed by atoms with Gasteiger partial charge < -0.3 is 10.4 Å². The molecule has 7 nitrogen and oxygen atoms in total. The van der Waals surface area contributed by atoms with Gasteiger partial charge in [0.25, 0.3) is 0 Å². The lowest BCUT2D eigenvalue weighted by Crippen LogP contribution is -2.34. The summed E-state index contributed by atoms with van der Waals surface area (Å²) in [6, 6.07) is 6.88. The molecule has 1 heterocycles. The van der Waals surface area contributed by atoms with Gasteiger partial charge in [-0.2, -0.15) is 4.31 Å². The summed E-state index contributed by atoms with van der Waals surface area (Å²) >= 11 is 0. The van der Waals surface area contributed by atoms with Gasteiger partial charge in [-0.05, 0) is 30.5 Å². The minimum absolute atomic E-state index is 0.0173. The van der Waals surface area contributed by atoms with Crippen LogP contribution in [0, 0.1) is 0 Å². The van der Waals surface area contributed by atoms with Crippen molar-refractivity contribution in [3.63, 3.8) is 0 Å². The molecule has 0 spiro atoms. The lowest BCUT2D eigenvalue weighted by Gasteiger charge is -2.14. The summed E-state index contributed by atoms with van der Waals surface area (Å²) < 4.78 is 24.5. The van der Waals surface area contributed by atoms with Crippen LogP contribution in [-0.2, 0) is 26.0 Å². The molecule has 22 heavy (non-hydrogen) atoms. The summed E-state index contributed by atoms with van der Waals surface area (Å²) in [4.78, 5) is 22.5. The molecule has 0 unspecified atom stereocenters. The van der Waals surface area contributed by atoms with E-state index in [0.29, 0.717) is 25.1 Å². The summed E-state index contributed by atoms with van der Waals surface area (Å²) in [5.74, 6) is -1.19. The predicted octanol–water partition coefficient (Wildman–Crippen LogP) is 0.678. The van der Waals surface area contributed by atoms with Crippen LogP contribution in [0.3, 0.4) is 0 Å². The Balaban J connectivity index is 1.94. The molecular formula is C14H18N2O5S. The van der Waals surface area contributed by atoms with Gasteiger partial charge in [0, 0.05) is 18.7 Å². The van der Waals surface area contributed by atoms with Crippen LogP contribution in [0.4, 0.5) is 5.69 Å². The van der Waals surface area contributed by atoms with E-state index in [9.17, 15) is 18.0 Å². The minimum Gasteiger partial charge on any atom is -0.481 e. The topological polar surface area (TPSA) is 104 Å². The number of carbonyl (C=O) groups excluding carboxylic acids is 1. The van der Waals surface area contributed by atoms with Crippen LogP contribution < -0.4 is 5.32 Å². The van der Waals surface area contributed by atoms with Crippen molar-refractivity contribution in [3.8, 4) is 0 Å². The third-order valence-corrected chi connectivity index (χ3v) is 5.26. The highest BCUT2D eigenvalue weighted by Crippen LogP contribution is 2.15. The van der Waals surface area contributed by atoms with E-state index in [1.165, 1.54) is 4.31 Å². The zero-order valence-electron chi connectivity index (χ0n) is 12.0. The largest absolute Gasteiger partial charge is 0.481 e. The lowest BCUT2D eigenvalue weighted by atomic mass is 10.1. The number of hydrogen-bond donors (Lipinski definition) is 2. The summed E-state index contributed by atoms with van der Waals surface area (Å²) in [7, 11) is -3.29. The monoisotopic (exact) mass is 326 g/mol. The SMILES string of the molecule is O=C(O)CCc1cccc(NC(=O)CN2CCCS2(=O)=O)c1. The molecule has 1 aliphatic heterocycles. The van der Waals surface area contributed by atoms with Gasteiger partial charge in [-0.3, -0.25) is 9.59 Å². The molecule has 1 aliphatic rings. The second-order valence-corrected chi connectivity index (χ2v) is 7.23. The van der Waals surface area contributed by atoms with Gasteiger partial charge in [-0.25, -0.2) is 8.42 Å². The lowest BCUT2D eigenvalue weighted by molar-refractivity contribution is -0.137. The molecule has 2 rings (SSSR count). The summed E-state index contributed by atoms with van der Waals surface area (Å²) in [6.07, 6.45) is 0.934. The Morgan fingerprint density at radius 2 is 2.09 bits per heavy atom. The van der Waals surface area contributed by atoms with Crippen LogP contribution in [-0.4, -0.2) is 48.5 Å². The Kier molecular flexibility index (Phi) is 5.15. The number of sulfonamides is 1. The third-order valence-electron chi connectivity index (χ3n) is 3.36. The number of aryl methyl sites for hydroxylation is 1. The maximum Gasteiger partial charge on any atom is 0.303 e. The Bertz CT molecular complexity index is 672. The van der Waals surface area contributed by atoms with E-state index in [1.807, 2.05) is 0 Å². The maximum atomic E-state index is 11.9. The first-order valence-electron chi connectivity index (χ1n) is 6.95. The number of nitrogens with zero attached hydrogens (tertiary/aromatic N) is 1. The van der Waals surface area contributed by atoms with Gasteiger partial charge in [-0.15, -0.1) is 0 Å². The van der Waals surface area contributed by atoms with Crippen molar-refractivity contribution in [2.45, 2.75) is 19.3 Å². The number of aliphatic carboxylic acids is 1. The number of carbonyl (C=O) groups is 2. The molecule has 0 aliphatic carbocycles. The highest BCUT2D eigenvalue weighted by atomic mass is 32.2. The molecule has 0 radical (unpaired) electrons. The summed E-state index contributed by atoms with van der Waals surface area (Å²) in [5.41, 5.74) is 1.33. The van der Waals surface area contributed by atoms with Gasteiger partial charge in [-0.1, -0.05) is 12.1 Å². The molecule has 0 atom stereocenters. The fraction of sp³-hybridized carbons (Fsp3) is 0.429. The van der Waals surface area contributed by atoms with Crippen molar-refractivity contribution in [1.82, 2.24) is 4.31 Å². The fourth-order valence-electron chi connectivity index (χ4n) is 2.29. The Morgan fingerprint density at radius 3 is 2.73 bits per heavy atom. The summed E-state index contributed by atoms with van der Waals surface area (Å²) in [5, 5.41) is 11.3. The number of hydrogen-bond acceptors (Lipinski definition) is 4. The van der Waals surface area contributed by atoms with E-state index in [0.717, 1.165) is 5.56 Å². The fourth-order valence-corrected chi connectivity index (χ4v) is 3.76. The number of benzene rings is 1. The van der Waals surface area contributed by atoms with Crippen molar-refractivity contribution in [1.29, 1.82) is 0 Å². The first kappa shape index (κ1) is 16.4. The molecule has 8 heteroatoms. The average molecular weight is 326 g/mol. The molecular weight excluding hydrogens is 308 g/mol. The number of anilines is 1. The summed E-state index contributed by atoms with van der Waals surface area (Å²) in [6.45, 7) is 0.177. The molecule has 120 valence electrons. The number of carboxylic acid groups (broad SMARTS) is 1. The van der Waals surface area contributed by atoms with Gasteiger partial charge in [0.05, 0.1) is 12.3 Å². The predicted molar refractivity (Wildman–Crippen MR) is 81.0 cm³/mol. The zero-order chi connectivity index (χ0) is 16.2. The molecule has 1 amide bonds. The molecule has 1 saturated heterocycles. The minimum atomic E-state index is -3.29. The Morgan fingerprint density at radius 1 is 1.32 bits per heavy atom. The third kappa shape index (κ3) is 4.54. The number of carboxylic acids is 1. The van der Waals surface area contributed by atoms with Gasteiger partial charge in [0.2, 0.25) is 15.9 Å². The van der Waals surface area contributed by atoms with Crippen molar-refractivity contribution < 1.29 is 23.1 Å². The molecule has 2 N–H and O–H groups in total. The maximum absolute atomic E-state index is 11.9. The van der Waals surface area contributed by atoms with Crippen molar-refractivity contribution in [3.05, 3.63) is 29.8 Å². The van der Waals surface area contributed by atoms with E-state index in [-0.39, 0.29) is 18.7 Å². The molecule has 1 fully saturated rings. The second kappa shape index (κ2) is 6.89.